The number of carbonyl (C=O) groups excluding carboxylic acids is 1. The van der Waals surface area contributed by atoms with Gasteiger partial charge in [-0.25, -0.2) is 4.79 Å². The molecule has 1 fully saturated rings. The maximum Gasteiger partial charge on any atom is 0.407 e. The first-order chi connectivity index (χ1) is 8.83. The van der Waals surface area contributed by atoms with Gasteiger partial charge in [-0.15, -0.1) is 0 Å². The minimum atomic E-state index is -0.439. The van der Waals surface area contributed by atoms with Crippen molar-refractivity contribution in [1.29, 1.82) is 0 Å². The van der Waals surface area contributed by atoms with Gasteiger partial charge in [0, 0.05) is 23.9 Å². The highest BCUT2D eigenvalue weighted by Crippen LogP contribution is 2.36. The van der Waals surface area contributed by atoms with Gasteiger partial charge in [0.15, 0.2) is 0 Å². The summed E-state index contributed by atoms with van der Waals surface area (Å²) < 4.78 is 5.24. The minimum Gasteiger partial charge on any atom is -0.444 e. The lowest BCUT2D eigenvalue weighted by Gasteiger charge is -2.35. The highest BCUT2D eigenvalue weighted by molar-refractivity contribution is 5.68. The minimum absolute atomic E-state index is 0.210. The van der Waals surface area contributed by atoms with Crippen molar-refractivity contribution in [1.82, 2.24) is 10.3 Å². The Balaban J connectivity index is 1.79. The Labute approximate surface area is 114 Å². The van der Waals surface area contributed by atoms with Crippen LogP contribution >= 0.6 is 0 Å². The Hall–Kier alpha value is -1.58. The molecule has 1 saturated carbocycles. The van der Waals surface area contributed by atoms with Gasteiger partial charge in [-0.2, -0.15) is 0 Å². The monoisotopic (exact) mass is 262 g/mol. The molecule has 0 aromatic carbocycles. The molecule has 0 radical (unpaired) electrons. The van der Waals surface area contributed by atoms with Crippen LogP contribution in [-0.2, 0) is 4.74 Å². The number of carbonyl (C=O) groups is 1. The molecule has 0 aliphatic heterocycles. The number of rotatable bonds is 2. The Morgan fingerprint density at radius 1 is 1.42 bits per heavy atom. The van der Waals surface area contributed by atoms with E-state index in [9.17, 15) is 4.79 Å². The van der Waals surface area contributed by atoms with Crippen LogP contribution in [-0.4, -0.2) is 22.7 Å². The molecule has 1 aromatic rings. The molecule has 1 amide bonds. The summed E-state index contributed by atoms with van der Waals surface area (Å²) in [6, 6.07) is 4.33. The first-order valence-electron chi connectivity index (χ1n) is 6.75. The maximum absolute atomic E-state index is 11.6. The number of aryl methyl sites for hydroxylation is 1. The van der Waals surface area contributed by atoms with Gasteiger partial charge in [-0.3, -0.25) is 4.98 Å². The van der Waals surface area contributed by atoms with Gasteiger partial charge in [0.25, 0.3) is 0 Å². The summed E-state index contributed by atoms with van der Waals surface area (Å²) in [6.07, 6.45) is 3.40. The van der Waals surface area contributed by atoms with Crippen molar-refractivity contribution in [3.8, 4) is 0 Å². The lowest BCUT2D eigenvalue weighted by atomic mass is 9.78. The molecule has 0 spiro atoms. The normalized spacial score (nSPS) is 22.5. The summed E-state index contributed by atoms with van der Waals surface area (Å²) in [5, 5.41) is 2.90. The molecule has 0 bridgehead atoms. The van der Waals surface area contributed by atoms with Crippen molar-refractivity contribution in [2.45, 2.75) is 58.1 Å². The van der Waals surface area contributed by atoms with Crippen LogP contribution in [0.3, 0.4) is 0 Å². The summed E-state index contributed by atoms with van der Waals surface area (Å²) in [4.78, 5) is 16.0. The van der Waals surface area contributed by atoms with Crippen molar-refractivity contribution in [2.75, 3.05) is 0 Å². The molecule has 1 heterocycles. The van der Waals surface area contributed by atoms with Gasteiger partial charge in [-0.05, 0) is 58.2 Å². The van der Waals surface area contributed by atoms with Gasteiger partial charge >= 0.3 is 6.09 Å². The van der Waals surface area contributed by atoms with E-state index in [1.165, 1.54) is 5.56 Å². The summed E-state index contributed by atoms with van der Waals surface area (Å²) in [5.41, 5.74) is 1.92. The lowest BCUT2D eigenvalue weighted by Crippen LogP contribution is -2.45. The standard InChI is InChI=1S/C15H22N2O2/c1-10-5-6-16-13(7-10)11-8-12(9-11)17-14(18)19-15(2,3)4/h5-7,11-12H,8-9H2,1-4H3,(H,17,18)/t11-,12+. The van der Waals surface area contributed by atoms with Crippen LogP contribution < -0.4 is 5.32 Å². The smallest absolute Gasteiger partial charge is 0.407 e. The van der Waals surface area contributed by atoms with Crippen molar-refractivity contribution in [3.63, 3.8) is 0 Å². The molecule has 1 aliphatic rings. The number of amides is 1. The molecular weight excluding hydrogens is 240 g/mol. The van der Waals surface area contributed by atoms with E-state index in [0.717, 1.165) is 18.5 Å². The van der Waals surface area contributed by atoms with E-state index in [-0.39, 0.29) is 12.1 Å². The third-order valence-electron chi connectivity index (χ3n) is 3.21. The van der Waals surface area contributed by atoms with Crippen molar-refractivity contribution in [3.05, 3.63) is 29.6 Å². The third-order valence-corrected chi connectivity index (χ3v) is 3.21. The quantitative estimate of drug-likeness (QED) is 0.890. The Bertz CT molecular complexity index is 459. The van der Waals surface area contributed by atoms with E-state index in [1.807, 2.05) is 33.0 Å². The average molecular weight is 262 g/mol. The zero-order chi connectivity index (χ0) is 14.0. The van der Waals surface area contributed by atoms with Gasteiger partial charge in [-0.1, -0.05) is 0 Å². The first-order valence-corrected chi connectivity index (χ1v) is 6.75. The topological polar surface area (TPSA) is 51.2 Å². The number of hydrogen-bond acceptors (Lipinski definition) is 3. The molecular formula is C15H22N2O2. The van der Waals surface area contributed by atoms with Crippen molar-refractivity contribution >= 4 is 6.09 Å². The zero-order valence-corrected chi connectivity index (χ0v) is 12.1. The second-order valence-electron chi connectivity index (χ2n) is 6.27. The molecule has 104 valence electrons. The highest BCUT2D eigenvalue weighted by atomic mass is 16.6. The van der Waals surface area contributed by atoms with Crippen LogP contribution in [0.1, 0.15) is 50.8 Å². The number of ether oxygens (including phenoxy) is 1. The number of aromatic nitrogens is 1. The van der Waals surface area contributed by atoms with Gasteiger partial charge < -0.3 is 10.1 Å². The maximum atomic E-state index is 11.6. The molecule has 1 aromatic heterocycles. The van der Waals surface area contributed by atoms with Crippen molar-refractivity contribution < 1.29 is 9.53 Å². The molecule has 0 unspecified atom stereocenters. The molecule has 19 heavy (non-hydrogen) atoms. The SMILES string of the molecule is Cc1ccnc([C@H]2C[C@@H](NC(=O)OC(C)(C)C)C2)c1. The van der Waals surface area contributed by atoms with Crippen LogP contribution in [0.2, 0.25) is 0 Å². The number of alkyl carbamates (subject to hydrolysis) is 1. The average Bonchev–Trinajstić information content (AvgIpc) is 2.20. The first kappa shape index (κ1) is 13.8. The van der Waals surface area contributed by atoms with E-state index in [2.05, 4.69) is 23.3 Å². The Morgan fingerprint density at radius 3 is 2.68 bits per heavy atom. The number of nitrogens with zero attached hydrogens (tertiary/aromatic N) is 1. The van der Waals surface area contributed by atoms with Gasteiger partial charge in [0.05, 0.1) is 0 Å². The van der Waals surface area contributed by atoms with E-state index in [4.69, 9.17) is 4.74 Å². The second-order valence-corrected chi connectivity index (χ2v) is 6.27. The summed E-state index contributed by atoms with van der Waals surface area (Å²) >= 11 is 0. The molecule has 1 aliphatic carbocycles. The van der Waals surface area contributed by atoms with Gasteiger partial charge in [0.1, 0.15) is 5.60 Å². The second kappa shape index (κ2) is 5.19. The molecule has 0 saturated heterocycles. The molecule has 4 nitrogen and oxygen atoms in total. The molecule has 0 atom stereocenters. The van der Waals surface area contributed by atoms with Crippen LogP contribution in [0.4, 0.5) is 4.79 Å². The Morgan fingerprint density at radius 2 is 2.11 bits per heavy atom. The van der Waals surface area contributed by atoms with Crippen LogP contribution in [0.5, 0.6) is 0 Å². The number of nitrogens with one attached hydrogen (secondary N) is 1. The van der Waals surface area contributed by atoms with Gasteiger partial charge in [0.2, 0.25) is 0 Å². The summed E-state index contributed by atoms with van der Waals surface area (Å²) in [6.45, 7) is 7.67. The largest absolute Gasteiger partial charge is 0.444 e. The lowest BCUT2D eigenvalue weighted by molar-refractivity contribution is 0.0470. The predicted molar refractivity (Wildman–Crippen MR) is 74.1 cm³/mol. The van der Waals surface area contributed by atoms with E-state index < -0.39 is 5.60 Å². The van der Waals surface area contributed by atoms with Crippen molar-refractivity contribution in [2.24, 2.45) is 0 Å². The van der Waals surface area contributed by atoms with E-state index in [1.54, 1.807) is 0 Å². The number of hydrogen-bond donors (Lipinski definition) is 1. The summed E-state index contributed by atoms with van der Waals surface area (Å²) in [5.74, 6) is 0.458. The van der Waals surface area contributed by atoms with E-state index >= 15 is 0 Å². The van der Waals surface area contributed by atoms with E-state index in [0.29, 0.717) is 5.92 Å². The zero-order valence-electron chi connectivity index (χ0n) is 12.1. The Kier molecular flexibility index (Phi) is 3.78. The molecule has 2 rings (SSSR count). The van der Waals surface area contributed by atoms with Crippen LogP contribution in [0.25, 0.3) is 0 Å². The third kappa shape index (κ3) is 3.94. The van der Waals surface area contributed by atoms with Crippen LogP contribution in [0.15, 0.2) is 18.3 Å². The fourth-order valence-electron chi connectivity index (χ4n) is 2.23. The fourth-order valence-corrected chi connectivity index (χ4v) is 2.23. The highest BCUT2D eigenvalue weighted by Gasteiger charge is 2.33. The predicted octanol–water partition coefficient (Wildman–Crippen LogP) is 3.16. The fraction of sp³-hybridized carbons (Fsp3) is 0.600. The number of pyridine rings is 1. The molecule has 4 heteroatoms. The van der Waals surface area contributed by atoms with Crippen LogP contribution in [0, 0.1) is 6.92 Å². The molecule has 1 N–H and O–H groups in total. The summed E-state index contributed by atoms with van der Waals surface area (Å²) in [7, 11) is 0.